The second kappa shape index (κ2) is 4.44. The standard InChI is InChI=1S/C12H15ClN2O/c1-2-3-7-15-9-6-4-5-8(13)10(9)11(14)12(15)16/h4-6,11H,2-3,7,14H2,1H3. The highest BCUT2D eigenvalue weighted by Gasteiger charge is 2.35. The van der Waals surface area contributed by atoms with Crippen LogP contribution < -0.4 is 10.6 Å². The Hall–Kier alpha value is -1.06. The van der Waals surface area contributed by atoms with Crippen molar-refractivity contribution in [1.82, 2.24) is 0 Å². The van der Waals surface area contributed by atoms with Gasteiger partial charge in [0.25, 0.3) is 0 Å². The highest BCUT2D eigenvalue weighted by Crippen LogP contribution is 2.39. The van der Waals surface area contributed by atoms with Gasteiger partial charge in [-0.05, 0) is 18.6 Å². The minimum atomic E-state index is -0.597. The van der Waals surface area contributed by atoms with Crippen molar-refractivity contribution in [2.45, 2.75) is 25.8 Å². The molecule has 1 atom stereocenters. The van der Waals surface area contributed by atoms with Crippen LogP contribution in [0.2, 0.25) is 5.02 Å². The van der Waals surface area contributed by atoms with Crippen molar-refractivity contribution >= 4 is 23.2 Å². The molecular weight excluding hydrogens is 224 g/mol. The zero-order valence-corrected chi connectivity index (χ0v) is 10.00. The fourth-order valence-electron chi connectivity index (χ4n) is 2.03. The summed E-state index contributed by atoms with van der Waals surface area (Å²) in [5.74, 6) is -0.0449. The van der Waals surface area contributed by atoms with Gasteiger partial charge in [0.05, 0.1) is 5.69 Å². The minimum Gasteiger partial charge on any atom is -0.316 e. The Morgan fingerprint density at radius 2 is 2.25 bits per heavy atom. The lowest BCUT2D eigenvalue weighted by Gasteiger charge is -2.16. The van der Waals surface area contributed by atoms with Crippen molar-refractivity contribution in [3.8, 4) is 0 Å². The fraction of sp³-hybridized carbons (Fsp3) is 0.417. The first-order valence-corrected chi connectivity index (χ1v) is 5.90. The number of nitrogens with two attached hydrogens (primary N) is 1. The van der Waals surface area contributed by atoms with Crippen molar-refractivity contribution < 1.29 is 4.79 Å². The van der Waals surface area contributed by atoms with Crippen molar-refractivity contribution in [3.05, 3.63) is 28.8 Å². The molecule has 2 N–H and O–H groups in total. The van der Waals surface area contributed by atoms with Gasteiger partial charge in [0.15, 0.2) is 0 Å². The normalized spacial score (nSPS) is 19.1. The van der Waals surface area contributed by atoms with Crippen LogP contribution in [0.1, 0.15) is 31.4 Å². The maximum Gasteiger partial charge on any atom is 0.248 e. The molecule has 0 bridgehead atoms. The number of halogens is 1. The largest absolute Gasteiger partial charge is 0.316 e. The molecule has 0 radical (unpaired) electrons. The Labute approximate surface area is 100 Å². The number of benzene rings is 1. The molecule has 0 aromatic heterocycles. The molecule has 1 aliphatic rings. The summed E-state index contributed by atoms with van der Waals surface area (Å²) in [6.07, 6.45) is 2.03. The number of nitrogens with zero attached hydrogens (tertiary/aromatic N) is 1. The van der Waals surface area contributed by atoms with Crippen molar-refractivity contribution in [2.75, 3.05) is 11.4 Å². The van der Waals surface area contributed by atoms with Crippen LogP contribution in [0.15, 0.2) is 18.2 Å². The Bertz CT molecular complexity index is 419. The maximum absolute atomic E-state index is 12.0. The first-order chi connectivity index (χ1) is 7.66. The number of fused-ring (bicyclic) bond motifs is 1. The summed E-state index contributed by atoms with van der Waals surface area (Å²) >= 11 is 6.07. The van der Waals surface area contributed by atoms with E-state index in [1.165, 1.54) is 0 Å². The van der Waals surface area contributed by atoms with Crippen LogP contribution in [0, 0.1) is 0 Å². The van der Waals surface area contributed by atoms with Crippen LogP contribution in [0.5, 0.6) is 0 Å². The lowest BCUT2D eigenvalue weighted by Crippen LogP contribution is -2.32. The molecular formula is C12H15ClN2O. The molecule has 4 heteroatoms. The third-order valence-corrected chi connectivity index (χ3v) is 3.23. The predicted molar refractivity (Wildman–Crippen MR) is 65.6 cm³/mol. The van der Waals surface area contributed by atoms with E-state index >= 15 is 0 Å². The summed E-state index contributed by atoms with van der Waals surface area (Å²) in [6, 6.07) is 4.93. The zero-order valence-electron chi connectivity index (χ0n) is 9.24. The highest BCUT2D eigenvalue weighted by molar-refractivity contribution is 6.32. The summed E-state index contributed by atoms with van der Waals surface area (Å²) in [7, 11) is 0. The van der Waals surface area contributed by atoms with Gasteiger partial charge in [0.1, 0.15) is 6.04 Å². The third kappa shape index (κ3) is 1.70. The molecule has 0 saturated carbocycles. The quantitative estimate of drug-likeness (QED) is 0.880. The second-order valence-electron chi connectivity index (χ2n) is 3.99. The van der Waals surface area contributed by atoms with E-state index in [2.05, 4.69) is 6.92 Å². The summed E-state index contributed by atoms with van der Waals surface area (Å²) in [4.78, 5) is 13.7. The number of amides is 1. The van der Waals surface area contributed by atoms with E-state index in [4.69, 9.17) is 17.3 Å². The topological polar surface area (TPSA) is 46.3 Å². The number of carbonyl (C=O) groups excluding carboxylic acids is 1. The third-order valence-electron chi connectivity index (χ3n) is 2.90. The van der Waals surface area contributed by atoms with Gasteiger partial charge >= 0.3 is 0 Å². The molecule has 86 valence electrons. The van der Waals surface area contributed by atoms with E-state index in [9.17, 15) is 4.79 Å². The summed E-state index contributed by atoms with van der Waals surface area (Å²) in [6.45, 7) is 2.82. The van der Waals surface area contributed by atoms with E-state index in [1.54, 1.807) is 11.0 Å². The van der Waals surface area contributed by atoms with E-state index in [0.717, 1.165) is 30.6 Å². The lowest BCUT2D eigenvalue weighted by atomic mass is 10.1. The number of unbranched alkanes of at least 4 members (excludes halogenated alkanes) is 1. The van der Waals surface area contributed by atoms with Crippen LogP contribution in [0.4, 0.5) is 5.69 Å². The van der Waals surface area contributed by atoms with Crippen molar-refractivity contribution in [2.24, 2.45) is 5.73 Å². The van der Waals surface area contributed by atoms with Crippen LogP contribution in [-0.2, 0) is 4.79 Å². The Morgan fingerprint density at radius 1 is 1.50 bits per heavy atom. The first kappa shape index (κ1) is 11.4. The molecule has 0 fully saturated rings. The number of carbonyl (C=O) groups is 1. The maximum atomic E-state index is 12.0. The smallest absolute Gasteiger partial charge is 0.248 e. The Morgan fingerprint density at radius 3 is 2.94 bits per heavy atom. The summed E-state index contributed by atoms with van der Waals surface area (Å²) in [5.41, 5.74) is 7.52. The molecule has 1 amide bonds. The van der Waals surface area contributed by atoms with E-state index in [-0.39, 0.29) is 5.91 Å². The molecule has 16 heavy (non-hydrogen) atoms. The number of hydrogen-bond donors (Lipinski definition) is 1. The van der Waals surface area contributed by atoms with E-state index in [0.29, 0.717) is 5.02 Å². The Kier molecular flexibility index (Phi) is 3.17. The lowest BCUT2D eigenvalue weighted by molar-refractivity contribution is -0.119. The number of rotatable bonds is 3. The zero-order chi connectivity index (χ0) is 11.7. The van der Waals surface area contributed by atoms with Gasteiger partial charge in [-0.2, -0.15) is 0 Å². The predicted octanol–water partition coefficient (Wildman–Crippen LogP) is 2.49. The van der Waals surface area contributed by atoms with Gasteiger partial charge in [-0.3, -0.25) is 4.79 Å². The Balaban J connectivity index is 2.38. The van der Waals surface area contributed by atoms with E-state index in [1.807, 2.05) is 12.1 Å². The molecule has 2 rings (SSSR count). The van der Waals surface area contributed by atoms with Crippen LogP contribution in [-0.4, -0.2) is 12.5 Å². The average molecular weight is 239 g/mol. The number of hydrogen-bond acceptors (Lipinski definition) is 2. The molecule has 1 aliphatic heterocycles. The fourth-order valence-corrected chi connectivity index (χ4v) is 2.31. The van der Waals surface area contributed by atoms with Crippen molar-refractivity contribution in [1.29, 1.82) is 0 Å². The molecule has 3 nitrogen and oxygen atoms in total. The van der Waals surface area contributed by atoms with Crippen LogP contribution in [0.25, 0.3) is 0 Å². The van der Waals surface area contributed by atoms with Crippen molar-refractivity contribution in [3.63, 3.8) is 0 Å². The average Bonchev–Trinajstić information content (AvgIpc) is 2.51. The van der Waals surface area contributed by atoms with Gasteiger partial charge in [-0.25, -0.2) is 0 Å². The SMILES string of the molecule is CCCCN1C(=O)C(N)c2c(Cl)cccc21. The molecule has 0 saturated heterocycles. The van der Waals surface area contributed by atoms with Gasteiger partial charge in [-0.1, -0.05) is 31.0 Å². The minimum absolute atomic E-state index is 0.0449. The van der Waals surface area contributed by atoms with Gasteiger partial charge in [-0.15, -0.1) is 0 Å². The molecule has 1 aromatic rings. The summed E-state index contributed by atoms with van der Waals surface area (Å²) < 4.78 is 0. The highest BCUT2D eigenvalue weighted by atomic mass is 35.5. The van der Waals surface area contributed by atoms with Gasteiger partial charge in [0.2, 0.25) is 5.91 Å². The van der Waals surface area contributed by atoms with Crippen LogP contribution in [0.3, 0.4) is 0 Å². The molecule has 0 aliphatic carbocycles. The first-order valence-electron chi connectivity index (χ1n) is 5.52. The van der Waals surface area contributed by atoms with Gasteiger partial charge < -0.3 is 10.6 Å². The van der Waals surface area contributed by atoms with Gasteiger partial charge in [0, 0.05) is 17.1 Å². The summed E-state index contributed by atoms with van der Waals surface area (Å²) in [5, 5.41) is 0.581. The molecule has 0 spiro atoms. The molecule has 1 heterocycles. The molecule has 1 aromatic carbocycles. The van der Waals surface area contributed by atoms with E-state index < -0.39 is 6.04 Å². The monoisotopic (exact) mass is 238 g/mol. The molecule has 1 unspecified atom stereocenters. The number of anilines is 1. The second-order valence-corrected chi connectivity index (χ2v) is 4.40. The van der Waals surface area contributed by atoms with Crippen LogP contribution >= 0.6 is 11.6 Å².